The molecule has 2 aliphatic rings. The molecule has 1 aromatic rings. The lowest BCUT2D eigenvalue weighted by molar-refractivity contribution is -0.152. The summed E-state index contributed by atoms with van der Waals surface area (Å²) in [7, 11) is 0. The van der Waals surface area contributed by atoms with E-state index >= 15 is 0 Å². The minimum Gasteiger partial charge on any atom is -0.340 e. The first-order valence-corrected chi connectivity index (χ1v) is 7.04. The van der Waals surface area contributed by atoms with Crippen LogP contribution in [0.2, 0.25) is 0 Å². The molecule has 1 aliphatic carbocycles. The minimum absolute atomic E-state index is 0.0314. The Hall–Kier alpha value is -1.91. The summed E-state index contributed by atoms with van der Waals surface area (Å²) in [6.07, 6.45) is 5.45. The lowest BCUT2D eigenvalue weighted by atomic mass is 9.90. The van der Waals surface area contributed by atoms with Crippen molar-refractivity contribution in [2.75, 3.05) is 6.54 Å². The monoisotopic (exact) mass is 273 g/mol. The molecule has 20 heavy (non-hydrogen) atoms. The first-order valence-electron chi connectivity index (χ1n) is 7.04. The molecule has 2 heterocycles. The highest BCUT2D eigenvalue weighted by Gasteiger charge is 2.53. The van der Waals surface area contributed by atoms with Crippen molar-refractivity contribution in [3.05, 3.63) is 30.1 Å². The fourth-order valence-electron chi connectivity index (χ4n) is 2.98. The van der Waals surface area contributed by atoms with Gasteiger partial charge in [0.05, 0.1) is 6.04 Å². The van der Waals surface area contributed by atoms with E-state index in [9.17, 15) is 9.59 Å². The van der Waals surface area contributed by atoms with Crippen molar-refractivity contribution >= 4 is 11.8 Å². The SMILES string of the molecule is CC(c1ccncc1)N1CC(=O)NC(C)(C2CC2)C1=O. The Morgan fingerprint density at radius 3 is 2.60 bits per heavy atom. The summed E-state index contributed by atoms with van der Waals surface area (Å²) < 4.78 is 0. The fourth-order valence-corrected chi connectivity index (χ4v) is 2.98. The van der Waals surface area contributed by atoms with Crippen molar-refractivity contribution in [2.24, 2.45) is 5.92 Å². The van der Waals surface area contributed by atoms with Crippen LogP contribution >= 0.6 is 0 Å². The van der Waals surface area contributed by atoms with Crippen LogP contribution < -0.4 is 5.32 Å². The van der Waals surface area contributed by atoms with Crippen LogP contribution in [-0.2, 0) is 9.59 Å². The Morgan fingerprint density at radius 2 is 2.00 bits per heavy atom. The number of hydrogen-bond acceptors (Lipinski definition) is 3. The second-order valence-corrected chi connectivity index (χ2v) is 5.91. The quantitative estimate of drug-likeness (QED) is 0.902. The normalized spacial score (nSPS) is 28.2. The molecule has 0 bridgehead atoms. The zero-order valence-corrected chi connectivity index (χ0v) is 11.8. The van der Waals surface area contributed by atoms with Crippen molar-refractivity contribution in [3.8, 4) is 0 Å². The first-order chi connectivity index (χ1) is 9.52. The van der Waals surface area contributed by atoms with E-state index < -0.39 is 5.54 Å². The first kappa shape index (κ1) is 13.1. The molecule has 1 N–H and O–H groups in total. The predicted octanol–water partition coefficient (Wildman–Crippen LogP) is 1.27. The highest BCUT2D eigenvalue weighted by Crippen LogP contribution is 2.42. The van der Waals surface area contributed by atoms with Crippen LogP contribution in [0.25, 0.3) is 0 Å². The molecule has 1 saturated carbocycles. The van der Waals surface area contributed by atoms with Gasteiger partial charge in [-0.3, -0.25) is 14.6 Å². The van der Waals surface area contributed by atoms with Gasteiger partial charge in [-0.1, -0.05) is 0 Å². The predicted molar refractivity (Wildman–Crippen MR) is 73.6 cm³/mol. The van der Waals surface area contributed by atoms with Crippen LogP contribution in [0.5, 0.6) is 0 Å². The maximum atomic E-state index is 12.8. The van der Waals surface area contributed by atoms with Crippen molar-refractivity contribution in [3.63, 3.8) is 0 Å². The van der Waals surface area contributed by atoms with Crippen LogP contribution in [0.3, 0.4) is 0 Å². The van der Waals surface area contributed by atoms with Crippen LogP contribution in [0, 0.1) is 5.92 Å². The third kappa shape index (κ3) is 2.07. The van der Waals surface area contributed by atoms with E-state index in [-0.39, 0.29) is 30.3 Å². The summed E-state index contributed by atoms with van der Waals surface area (Å²) in [6.45, 7) is 3.94. The maximum Gasteiger partial charge on any atom is 0.249 e. The molecule has 2 unspecified atom stereocenters. The highest BCUT2D eigenvalue weighted by atomic mass is 16.2. The number of carbonyl (C=O) groups excluding carboxylic acids is 2. The molecule has 2 amide bonds. The smallest absolute Gasteiger partial charge is 0.249 e. The minimum atomic E-state index is -0.726. The number of pyridine rings is 1. The van der Waals surface area contributed by atoms with Gasteiger partial charge >= 0.3 is 0 Å². The third-order valence-electron chi connectivity index (χ3n) is 4.47. The average molecular weight is 273 g/mol. The molecule has 106 valence electrons. The van der Waals surface area contributed by atoms with E-state index in [4.69, 9.17) is 0 Å². The van der Waals surface area contributed by atoms with Gasteiger partial charge in [0.25, 0.3) is 0 Å². The molecule has 2 atom stereocenters. The molecule has 0 aromatic carbocycles. The molecule has 1 saturated heterocycles. The molecular weight excluding hydrogens is 254 g/mol. The number of aromatic nitrogens is 1. The van der Waals surface area contributed by atoms with Gasteiger partial charge in [-0.15, -0.1) is 0 Å². The molecule has 5 nitrogen and oxygen atoms in total. The second kappa shape index (κ2) is 4.58. The molecule has 0 radical (unpaired) electrons. The van der Waals surface area contributed by atoms with Gasteiger partial charge in [0.1, 0.15) is 12.1 Å². The van der Waals surface area contributed by atoms with Gasteiger partial charge in [-0.25, -0.2) is 0 Å². The molecule has 1 aromatic heterocycles. The van der Waals surface area contributed by atoms with Gasteiger partial charge in [0.2, 0.25) is 11.8 Å². The van der Waals surface area contributed by atoms with Gasteiger partial charge in [0.15, 0.2) is 0 Å². The van der Waals surface area contributed by atoms with Crippen molar-refractivity contribution < 1.29 is 9.59 Å². The summed E-state index contributed by atoms with van der Waals surface area (Å²) in [6, 6.07) is 3.66. The number of amides is 2. The Bertz CT molecular complexity index is 541. The number of hydrogen-bond donors (Lipinski definition) is 1. The molecule has 0 spiro atoms. The van der Waals surface area contributed by atoms with E-state index in [0.29, 0.717) is 0 Å². The van der Waals surface area contributed by atoms with E-state index in [1.807, 2.05) is 26.0 Å². The summed E-state index contributed by atoms with van der Waals surface area (Å²) in [5, 5.41) is 2.90. The molecule has 2 fully saturated rings. The average Bonchev–Trinajstić information content (AvgIpc) is 3.28. The second-order valence-electron chi connectivity index (χ2n) is 5.91. The van der Waals surface area contributed by atoms with Crippen molar-refractivity contribution in [1.29, 1.82) is 0 Å². The number of nitrogens with one attached hydrogen (secondary N) is 1. The summed E-state index contributed by atoms with van der Waals surface area (Å²) in [5.74, 6) is 0.246. The summed E-state index contributed by atoms with van der Waals surface area (Å²) in [4.78, 5) is 30.4. The lowest BCUT2D eigenvalue weighted by Gasteiger charge is -2.42. The van der Waals surface area contributed by atoms with Crippen LogP contribution in [0.15, 0.2) is 24.5 Å². The number of rotatable bonds is 3. The Labute approximate surface area is 118 Å². The maximum absolute atomic E-state index is 12.8. The van der Waals surface area contributed by atoms with E-state index in [1.54, 1.807) is 17.3 Å². The topological polar surface area (TPSA) is 62.3 Å². The van der Waals surface area contributed by atoms with Crippen molar-refractivity contribution in [2.45, 2.75) is 38.3 Å². The Balaban J connectivity index is 1.88. The van der Waals surface area contributed by atoms with E-state index in [0.717, 1.165) is 18.4 Å². The van der Waals surface area contributed by atoms with Crippen LogP contribution in [0.1, 0.15) is 38.3 Å². The van der Waals surface area contributed by atoms with Gasteiger partial charge in [-0.2, -0.15) is 0 Å². The highest BCUT2D eigenvalue weighted by molar-refractivity contribution is 5.98. The van der Waals surface area contributed by atoms with Gasteiger partial charge < -0.3 is 10.2 Å². The lowest BCUT2D eigenvalue weighted by Crippen LogP contribution is -2.66. The van der Waals surface area contributed by atoms with Gasteiger partial charge in [0, 0.05) is 12.4 Å². The van der Waals surface area contributed by atoms with E-state index in [2.05, 4.69) is 10.3 Å². The number of carbonyl (C=O) groups is 2. The van der Waals surface area contributed by atoms with Crippen LogP contribution in [-0.4, -0.2) is 33.8 Å². The van der Waals surface area contributed by atoms with Crippen LogP contribution in [0.4, 0.5) is 0 Å². The Morgan fingerprint density at radius 1 is 1.35 bits per heavy atom. The largest absolute Gasteiger partial charge is 0.340 e. The van der Waals surface area contributed by atoms with E-state index in [1.165, 1.54) is 0 Å². The Kier molecular flexibility index (Phi) is 3.00. The standard InChI is InChI=1S/C15H19N3O2/c1-10(11-5-7-16-8-6-11)18-9-13(19)17-15(2,14(18)20)12-3-4-12/h5-8,10,12H,3-4,9H2,1-2H3,(H,17,19). The summed E-state index contributed by atoms with van der Waals surface area (Å²) >= 11 is 0. The molecule has 3 rings (SSSR count). The molecule has 1 aliphatic heterocycles. The zero-order chi connectivity index (χ0) is 14.3. The van der Waals surface area contributed by atoms with Crippen molar-refractivity contribution in [1.82, 2.24) is 15.2 Å². The number of piperazine rings is 1. The molecular formula is C15H19N3O2. The zero-order valence-electron chi connectivity index (χ0n) is 11.8. The fraction of sp³-hybridized carbons (Fsp3) is 0.533. The van der Waals surface area contributed by atoms with Gasteiger partial charge in [-0.05, 0) is 50.3 Å². The summed E-state index contributed by atoms with van der Waals surface area (Å²) in [5.41, 5.74) is 0.276. The third-order valence-corrected chi connectivity index (χ3v) is 4.47. The number of nitrogens with zero attached hydrogens (tertiary/aromatic N) is 2. The molecule has 5 heteroatoms.